The first-order valence-electron chi connectivity index (χ1n) is 8.37. The Morgan fingerprint density at radius 2 is 2.00 bits per heavy atom. The van der Waals surface area contributed by atoms with Gasteiger partial charge in [0.05, 0.1) is 47.4 Å². The highest BCUT2D eigenvalue weighted by atomic mass is 32.2. The van der Waals surface area contributed by atoms with E-state index in [9.17, 15) is 13.4 Å². The van der Waals surface area contributed by atoms with Gasteiger partial charge in [0.15, 0.2) is 11.6 Å². The van der Waals surface area contributed by atoms with Gasteiger partial charge < -0.3 is 14.8 Å². The molecule has 0 fully saturated rings. The van der Waals surface area contributed by atoms with Crippen LogP contribution in [0.4, 0.5) is 15.9 Å². The number of carbonyl (C=O) groups is 1. The van der Waals surface area contributed by atoms with Crippen molar-refractivity contribution in [3.63, 3.8) is 0 Å². The molecule has 0 saturated carbocycles. The number of hydrogen-bond donors (Lipinski definition) is 1. The lowest BCUT2D eigenvalue weighted by Crippen LogP contribution is -2.06. The van der Waals surface area contributed by atoms with Gasteiger partial charge in [0.2, 0.25) is 5.88 Å². The molecule has 0 spiro atoms. The van der Waals surface area contributed by atoms with Crippen molar-refractivity contribution < 1.29 is 18.1 Å². The van der Waals surface area contributed by atoms with Crippen LogP contribution >= 0.6 is 0 Å². The van der Waals surface area contributed by atoms with Crippen LogP contribution in [0, 0.1) is 12.7 Å². The number of pyridine rings is 1. The van der Waals surface area contributed by atoms with E-state index in [4.69, 9.17) is 4.74 Å². The van der Waals surface area contributed by atoms with Gasteiger partial charge in [0, 0.05) is 24.8 Å². The second kappa shape index (κ2) is 8.78. The number of aldehydes is 1. The maximum absolute atomic E-state index is 14.0. The Hall–Kier alpha value is -3.34. The first-order valence-corrected chi connectivity index (χ1v) is 9.92. The fourth-order valence-corrected chi connectivity index (χ4v) is 3.01. The van der Waals surface area contributed by atoms with Gasteiger partial charge in [-0.2, -0.15) is 0 Å². The van der Waals surface area contributed by atoms with Crippen LogP contribution in [0.2, 0.25) is 0 Å². The van der Waals surface area contributed by atoms with Gasteiger partial charge in [-0.1, -0.05) is 0 Å². The number of nitrogens with one attached hydrogen (secondary N) is 1. The van der Waals surface area contributed by atoms with Crippen molar-refractivity contribution >= 4 is 28.6 Å². The number of aromatic nitrogens is 5. The smallest absolute Gasteiger partial charge is 0.250 e. The van der Waals surface area contributed by atoms with Crippen LogP contribution in [-0.2, 0) is 22.0 Å². The summed E-state index contributed by atoms with van der Waals surface area (Å²) in [6, 6.07) is 2.74. The molecule has 29 heavy (non-hydrogen) atoms. The molecule has 1 unspecified atom stereocenters. The van der Waals surface area contributed by atoms with Crippen molar-refractivity contribution in [3.8, 4) is 17.3 Å². The lowest BCUT2D eigenvalue weighted by atomic mass is 10.2. The lowest BCUT2D eigenvalue weighted by Gasteiger charge is -2.12. The summed E-state index contributed by atoms with van der Waals surface area (Å²) < 4.78 is 30.7. The quantitative estimate of drug-likeness (QED) is 0.455. The Morgan fingerprint density at radius 1 is 1.21 bits per heavy atom. The molecule has 0 bridgehead atoms. The number of nitrogens with zero attached hydrogens (tertiary/aromatic N) is 5. The summed E-state index contributed by atoms with van der Waals surface area (Å²) in [5, 5.41) is 3.28. The summed E-state index contributed by atoms with van der Waals surface area (Å²) >= 11 is 0. The molecule has 0 aliphatic rings. The van der Waals surface area contributed by atoms with Crippen LogP contribution in [0.15, 0.2) is 29.6 Å². The summed E-state index contributed by atoms with van der Waals surface area (Å²) in [7, 11) is -0.0128. The number of hydrogen-bond acceptors (Lipinski definition) is 9. The number of ether oxygens (including phenoxy) is 1. The van der Waals surface area contributed by atoms with Gasteiger partial charge in [-0.25, -0.2) is 29.3 Å². The van der Waals surface area contributed by atoms with Gasteiger partial charge in [0.25, 0.3) is 0 Å². The molecule has 3 aromatic heterocycles. The molecule has 1 N–H and O–H groups in total. The van der Waals surface area contributed by atoms with Crippen LogP contribution in [0.1, 0.15) is 11.5 Å². The Morgan fingerprint density at radius 3 is 2.66 bits per heavy atom. The van der Waals surface area contributed by atoms with Crippen molar-refractivity contribution in [3.05, 3.63) is 41.9 Å². The monoisotopic (exact) mass is 416 g/mol. The van der Waals surface area contributed by atoms with Crippen molar-refractivity contribution in [1.29, 1.82) is 0 Å². The van der Waals surface area contributed by atoms with Crippen LogP contribution in [0.25, 0.3) is 11.4 Å². The van der Waals surface area contributed by atoms with Crippen LogP contribution < -0.4 is 10.1 Å². The Labute approximate surface area is 168 Å². The third-order valence-corrected chi connectivity index (χ3v) is 4.53. The molecule has 0 aliphatic heterocycles. The fourth-order valence-electron chi connectivity index (χ4n) is 2.47. The highest BCUT2D eigenvalue weighted by Crippen LogP contribution is 2.28. The van der Waals surface area contributed by atoms with E-state index in [0.717, 1.165) is 0 Å². The zero-order valence-electron chi connectivity index (χ0n) is 15.8. The average Bonchev–Trinajstić information content (AvgIpc) is 2.69. The van der Waals surface area contributed by atoms with E-state index >= 15 is 0 Å². The Balaban J connectivity index is 2.10. The number of methoxy groups -OCH3 is 1. The van der Waals surface area contributed by atoms with E-state index < -0.39 is 16.6 Å². The van der Waals surface area contributed by atoms with E-state index in [-0.39, 0.29) is 18.1 Å². The second-order valence-corrected chi connectivity index (χ2v) is 7.19. The molecule has 0 aliphatic carbocycles. The predicted octanol–water partition coefficient (Wildman–Crippen LogP) is 2.01. The normalized spacial score (nSPS) is 11.7. The first kappa shape index (κ1) is 20.4. The third-order valence-electron chi connectivity index (χ3n) is 3.73. The molecule has 3 aromatic rings. The predicted molar refractivity (Wildman–Crippen MR) is 104 cm³/mol. The molecule has 11 heteroatoms. The summed E-state index contributed by atoms with van der Waals surface area (Å²) in [5.41, 5.74) is 1.41. The zero-order valence-corrected chi connectivity index (χ0v) is 16.7. The molecular weight excluding hydrogens is 399 g/mol. The van der Waals surface area contributed by atoms with Gasteiger partial charge in [-0.05, 0) is 6.92 Å². The van der Waals surface area contributed by atoms with Gasteiger partial charge >= 0.3 is 0 Å². The van der Waals surface area contributed by atoms with Crippen LogP contribution in [0.5, 0.6) is 5.88 Å². The number of anilines is 2. The van der Waals surface area contributed by atoms with Crippen molar-refractivity contribution in [2.45, 2.75) is 18.4 Å². The van der Waals surface area contributed by atoms with E-state index in [1.165, 1.54) is 37.9 Å². The minimum absolute atomic E-state index is 0.0651. The summed E-state index contributed by atoms with van der Waals surface area (Å²) in [6.07, 6.45) is 5.09. The molecule has 0 radical (unpaired) electrons. The minimum atomic E-state index is -1.33. The molecule has 0 saturated heterocycles. The standard InChI is InChI=1S/C18H17FN6O3S/c1-10-22-14(7-15(23-10)29(3)27)16-17(20-8-11(24-16)4-5-26)25-12-6-13(19)18(28-2)21-9-12/h5-9H,4H2,1-3H3,(H,20,25). The SMILES string of the molecule is COc1ncc(Nc2ncc(CC=O)nc2-c2cc(S(C)=O)nc(C)n2)cc1F. The molecule has 1 atom stereocenters. The Bertz CT molecular complexity index is 1100. The third kappa shape index (κ3) is 4.74. The summed E-state index contributed by atoms with van der Waals surface area (Å²) in [5.74, 6) is -0.119. The number of rotatable bonds is 7. The zero-order chi connectivity index (χ0) is 21.0. The molecule has 0 amide bonds. The van der Waals surface area contributed by atoms with E-state index in [1.807, 2.05) is 0 Å². The molecular formula is C18H17FN6O3S. The minimum Gasteiger partial charge on any atom is -0.479 e. The highest BCUT2D eigenvalue weighted by Gasteiger charge is 2.16. The van der Waals surface area contributed by atoms with Crippen LogP contribution in [-0.4, -0.2) is 48.8 Å². The number of aryl methyl sites for hydroxylation is 1. The second-order valence-electron chi connectivity index (χ2n) is 5.86. The maximum Gasteiger partial charge on any atom is 0.250 e. The summed E-state index contributed by atoms with van der Waals surface area (Å²) in [6.45, 7) is 1.67. The number of halogens is 1. The molecule has 0 aromatic carbocycles. The maximum atomic E-state index is 14.0. The van der Waals surface area contributed by atoms with Crippen LogP contribution in [0.3, 0.4) is 0 Å². The van der Waals surface area contributed by atoms with Gasteiger partial charge in [-0.3, -0.25) is 4.21 Å². The van der Waals surface area contributed by atoms with Crippen molar-refractivity contribution in [2.24, 2.45) is 0 Å². The Kier molecular flexibility index (Phi) is 6.17. The molecule has 3 heterocycles. The largest absolute Gasteiger partial charge is 0.479 e. The van der Waals surface area contributed by atoms with E-state index in [0.29, 0.717) is 39.9 Å². The molecule has 3 rings (SSSR count). The number of carbonyl (C=O) groups excluding carboxylic acids is 1. The fraction of sp³-hybridized carbons (Fsp3) is 0.222. The van der Waals surface area contributed by atoms with Gasteiger partial charge in [0.1, 0.15) is 22.8 Å². The topological polar surface area (TPSA) is 120 Å². The highest BCUT2D eigenvalue weighted by molar-refractivity contribution is 7.84. The van der Waals surface area contributed by atoms with Crippen molar-refractivity contribution in [2.75, 3.05) is 18.7 Å². The first-order chi connectivity index (χ1) is 13.9. The van der Waals surface area contributed by atoms with E-state index in [2.05, 4.69) is 30.2 Å². The van der Waals surface area contributed by atoms with Gasteiger partial charge in [-0.15, -0.1) is 0 Å². The molecule has 9 nitrogen and oxygen atoms in total. The van der Waals surface area contributed by atoms with Crippen molar-refractivity contribution in [1.82, 2.24) is 24.9 Å². The molecule has 150 valence electrons. The average molecular weight is 416 g/mol. The summed E-state index contributed by atoms with van der Waals surface area (Å²) in [4.78, 5) is 32.0. The lowest BCUT2D eigenvalue weighted by molar-refractivity contribution is -0.107. The van der Waals surface area contributed by atoms with E-state index in [1.54, 1.807) is 6.92 Å².